The summed E-state index contributed by atoms with van der Waals surface area (Å²) in [5, 5.41) is 30.4. The molecule has 0 heterocycles. The normalized spacial score (nSPS) is 40.3. The van der Waals surface area contributed by atoms with Crippen LogP contribution >= 0.6 is 0 Å². The summed E-state index contributed by atoms with van der Waals surface area (Å²) < 4.78 is 13.1. The van der Waals surface area contributed by atoms with Crippen LogP contribution in [0.1, 0.15) is 98.3 Å². The van der Waals surface area contributed by atoms with E-state index in [0.717, 1.165) is 30.8 Å². The number of alkyl halides is 1. The fourth-order valence-corrected chi connectivity index (χ4v) is 6.89. The minimum absolute atomic E-state index is 0.297. The van der Waals surface area contributed by atoms with Gasteiger partial charge < -0.3 is 15.3 Å². The van der Waals surface area contributed by atoms with Gasteiger partial charge >= 0.3 is 0 Å². The molecule has 0 aromatic rings. The monoisotopic (exact) mass is 436 g/mol. The Bertz CT molecular complexity index is 678. The quantitative estimate of drug-likeness (QED) is 0.467. The van der Waals surface area contributed by atoms with Crippen LogP contribution in [-0.4, -0.2) is 39.3 Å². The molecule has 3 N–H and O–H groups in total. The molecule has 0 aromatic carbocycles. The van der Waals surface area contributed by atoms with Gasteiger partial charge in [-0.1, -0.05) is 50.0 Å². The number of halogens is 1. The Labute approximate surface area is 188 Å². The molecule has 3 aliphatic rings. The summed E-state index contributed by atoms with van der Waals surface area (Å²) >= 11 is 0. The Morgan fingerprint density at radius 2 is 1.94 bits per heavy atom. The van der Waals surface area contributed by atoms with Gasteiger partial charge in [-0.25, -0.2) is 4.39 Å². The topological polar surface area (TPSA) is 60.7 Å². The van der Waals surface area contributed by atoms with E-state index in [1.54, 1.807) is 5.57 Å². The van der Waals surface area contributed by atoms with Crippen molar-refractivity contribution in [3.8, 4) is 0 Å². The van der Waals surface area contributed by atoms with Crippen molar-refractivity contribution in [3.05, 3.63) is 23.3 Å². The van der Waals surface area contributed by atoms with Crippen molar-refractivity contribution in [2.75, 3.05) is 6.67 Å². The Morgan fingerprint density at radius 3 is 2.58 bits per heavy atom. The summed E-state index contributed by atoms with van der Waals surface area (Å²) in [6, 6.07) is 0. The van der Waals surface area contributed by atoms with Gasteiger partial charge in [-0.15, -0.1) is 0 Å². The molecule has 0 radical (unpaired) electrons. The van der Waals surface area contributed by atoms with Crippen LogP contribution in [0.2, 0.25) is 0 Å². The molecule has 0 amide bonds. The van der Waals surface area contributed by atoms with Crippen LogP contribution in [0.5, 0.6) is 0 Å². The molecule has 3 unspecified atom stereocenters. The number of aliphatic hydroxyl groups is 3. The van der Waals surface area contributed by atoms with E-state index in [-0.39, 0.29) is 0 Å². The van der Waals surface area contributed by atoms with Gasteiger partial charge in [0.15, 0.2) is 0 Å². The SMILES string of the molecule is C[C@@H](CCCC(C)(C)O)C1CCC2/C(=C/C=C3/CC[C@@](O)(CF)[C@H](O)C3)CCCC21C. The molecule has 3 aliphatic carbocycles. The van der Waals surface area contributed by atoms with E-state index >= 15 is 0 Å². The van der Waals surface area contributed by atoms with Crippen LogP contribution in [-0.2, 0) is 0 Å². The first-order valence-corrected chi connectivity index (χ1v) is 12.6. The van der Waals surface area contributed by atoms with Crippen molar-refractivity contribution in [2.45, 2.75) is 116 Å². The fourth-order valence-electron chi connectivity index (χ4n) is 6.89. The molecule has 0 bridgehead atoms. The maximum atomic E-state index is 13.1. The van der Waals surface area contributed by atoms with E-state index < -0.39 is 24.0 Å². The lowest BCUT2D eigenvalue weighted by atomic mass is 9.60. The van der Waals surface area contributed by atoms with Gasteiger partial charge in [-0.05, 0) is 94.8 Å². The van der Waals surface area contributed by atoms with E-state index in [2.05, 4.69) is 26.0 Å². The molecule has 3 rings (SSSR count). The van der Waals surface area contributed by atoms with E-state index in [1.165, 1.54) is 32.1 Å². The molecule has 6 atom stereocenters. The molecule has 4 heteroatoms. The standard InChI is InChI=1S/C27H45FO3/c1-19(7-5-14-25(2,3)30)22-11-12-23-21(8-6-15-26(22,23)4)10-9-20-13-16-27(31,18-28)24(29)17-20/h9-10,19,22-24,29-31H,5-8,11-18H2,1-4H3/b20-9-,21-10+/t19-,22?,23?,24+,26?,27+/m0/s1. The van der Waals surface area contributed by atoms with Gasteiger partial charge in [0.2, 0.25) is 0 Å². The lowest BCUT2D eigenvalue weighted by Gasteiger charge is -2.44. The summed E-state index contributed by atoms with van der Waals surface area (Å²) in [7, 11) is 0. The van der Waals surface area contributed by atoms with E-state index in [1.807, 2.05) is 13.8 Å². The van der Waals surface area contributed by atoms with Crippen LogP contribution in [0, 0.1) is 23.2 Å². The molecule has 3 saturated carbocycles. The van der Waals surface area contributed by atoms with E-state index in [0.29, 0.717) is 36.5 Å². The zero-order valence-corrected chi connectivity index (χ0v) is 20.2. The van der Waals surface area contributed by atoms with E-state index in [9.17, 15) is 19.7 Å². The number of hydrogen-bond acceptors (Lipinski definition) is 3. The van der Waals surface area contributed by atoms with Gasteiger partial charge in [0.1, 0.15) is 12.3 Å². The zero-order chi connectivity index (χ0) is 22.9. The van der Waals surface area contributed by atoms with Gasteiger partial charge in [-0.2, -0.15) is 0 Å². The number of allylic oxidation sites excluding steroid dienone is 3. The Balaban J connectivity index is 1.65. The smallest absolute Gasteiger partial charge is 0.121 e. The number of aliphatic hydroxyl groups excluding tert-OH is 1. The highest BCUT2D eigenvalue weighted by molar-refractivity contribution is 5.26. The molecule has 0 spiro atoms. The summed E-state index contributed by atoms with van der Waals surface area (Å²) in [4.78, 5) is 0. The highest BCUT2D eigenvalue weighted by Crippen LogP contribution is 2.60. The van der Waals surface area contributed by atoms with Crippen molar-refractivity contribution < 1.29 is 19.7 Å². The first-order chi connectivity index (χ1) is 14.5. The first-order valence-electron chi connectivity index (χ1n) is 12.6. The van der Waals surface area contributed by atoms with Crippen LogP contribution < -0.4 is 0 Å². The van der Waals surface area contributed by atoms with Crippen molar-refractivity contribution in [1.82, 2.24) is 0 Å². The molecule has 3 fully saturated rings. The van der Waals surface area contributed by atoms with Crippen molar-refractivity contribution >= 4 is 0 Å². The predicted molar refractivity (Wildman–Crippen MR) is 124 cm³/mol. The van der Waals surface area contributed by atoms with Crippen molar-refractivity contribution in [2.24, 2.45) is 23.2 Å². The number of hydrogen-bond donors (Lipinski definition) is 3. The third-order valence-electron chi connectivity index (χ3n) is 8.89. The third kappa shape index (κ3) is 5.62. The molecule has 31 heavy (non-hydrogen) atoms. The molecule has 0 saturated heterocycles. The lowest BCUT2D eigenvalue weighted by molar-refractivity contribution is -0.102. The summed E-state index contributed by atoms with van der Waals surface area (Å²) in [5.74, 6) is 2.06. The zero-order valence-electron chi connectivity index (χ0n) is 20.2. The predicted octanol–water partition coefficient (Wildman–Crippen LogP) is 5.88. The van der Waals surface area contributed by atoms with Crippen molar-refractivity contribution in [3.63, 3.8) is 0 Å². The molecular weight excluding hydrogens is 391 g/mol. The summed E-state index contributed by atoms with van der Waals surface area (Å²) in [6.07, 6.45) is 14.2. The second-order valence-electron chi connectivity index (χ2n) is 11.8. The summed E-state index contributed by atoms with van der Waals surface area (Å²) in [6.45, 7) is 7.85. The fraction of sp³-hybridized carbons (Fsp3) is 0.852. The largest absolute Gasteiger partial charge is 0.390 e. The molecule has 178 valence electrons. The average Bonchev–Trinajstić information content (AvgIpc) is 3.05. The van der Waals surface area contributed by atoms with Gasteiger partial charge in [0, 0.05) is 0 Å². The Hall–Kier alpha value is -0.710. The lowest BCUT2D eigenvalue weighted by Crippen LogP contribution is -2.47. The molecule has 0 aliphatic heterocycles. The molecular formula is C27H45FO3. The second kappa shape index (κ2) is 9.65. The third-order valence-corrected chi connectivity index (χ3v) is 8.89. The number of fused-ring (bicyclic) bond motifs is 1. The van der Waals surface area contributed by atoms with E-state index in [4.69, 9.17) is 0 Å². The average molecular weight is 437 g/mol. The van der Waals surface area contributed by atoms with Gasteiger partial charge in [-0.3, -0.25) is 0 Å². The molecule has 3 nitrogen and oxygen atoms in total. The maximum Gasteiger partial charge on any atom is 0.121 e. The number of rotatable bonds is 7. The van der Waals surface area contributed by atoms with Crippen LogP contribution in [0.4, 0.5) is 4.39 Å². The first kappa shape index (κ1) is 24.9. The van der Waals surface area contributed by atoms with Gasteiger partial charge in [0.25, 0.3) is 0 Å². The second-order valence-corrected chi connectivity index (χ2v) is 11.8. The highest BCUT2D eigenvalue weighted by atomic mass is 19.1. The van der Waals surface area contributed by atoms with Gasteiger partial charge in [0.05, 0.1) is 11.7 Å². The highest BCUT2D eigenvalue weighted by Gasteiger charge is 2.50. The summed E-state index contributed by atoms with van der Waals surface area (Å²) in [5.41, 5.74) is 0.904. The Morgan fingerprint density at radius 1 is 1.19 bits per heavy atom. The Kier molecular flexibility index (Phi) is 7.76. The maximum absolute atomic E-state index is 13.1. The van der Waals surface area contributed by atoms with Crippen LogP contribution in [0.25, 0.3) is 0 Å². The minimum Gasteiger partial charge on any atom is -0.390 e. The van der Waals surface area contributed by atoms with Crippen LogP contribution in [0.3, 0.4) is 0 Å². The molecule has 0 aromatic heterocycles. The minimum atomic E-state index is -1.56. The van der Waals surface area contributed by atoms with Crippen molar-refractivity contribution in [1.29, 1.82) is 0 Å². The van der Waals surface area contributed by atoms with Crippen LogP contribution in [0.15, 0.2) is 23.3 Å².